The van der Waals surface area contributed by atoms with Crippen molar-refractivity contribution in [3.8, 4) is 0 Å². The molecule has 0 radical (unpaired) electrons. The van der Waals surface area contributed by atoms with Crippen molar-refractivity contribution in [3.05, 3.63) is 68.8 Å². The van der Waals surface area contributed by atoms with Crippen LogP contribution in [0.2, 0.25) is 0 Å². The lowest BCUT2D eigenvalue weighted by Gasteiger charge is -2.18. The Morgan fingerprint density at radius 2 is 0.812 bits per heavy atom. The van der Waals surface area contributed by atoms with E-state index < -0.39 is 0 Å². The molecule has 0 amide bonds. The smallest absolute Gasteiger partial charge is 0.211 e. The van der Waals surface area contributed by atoms with E-state index in [1.165, 1.54) is 12.2 Å². The zero-order valence-corrected chi connectivity index (χ0v) is 18.6. The number of aliphatic imine (C=N–C) groups is 4. The highest BCUT2D eigenvalue weighted by Gasteiger charge is 2.14. The molecule has 0 N–H and O–H groups in total. The third-order valence-electron chi connectivity index (χ3n) is 5.21. The molecule has 0 atom stereocenters. The molecule has 8 nitrogen and oxygen atoms in total. The second-order valence-corrected chi connectivity index (χ2v) is 6.90. The summed E-state index contributed by atoms with van der Waals surface area (Å²) in [5.41, 5.74) is 8.31. The second kappa shape index (κ2) is 14.1. The van der Waals surface area contributed by atoms with E-state index >= 15 is 0 Å². The first-order chi connectivity index (χ1) is 15.4. The topological polar surface area (TPSA) is 118 Å². The second-order valence-electron chi connectivity index (χ2n) is 6.90. The van der Waals surface area contributed by atoms with Gasteiger partial charge in [-0.3, -0.25) is 0 Å². The van der Waals surface area contributed by atoms with Crippen molar-refractivity contribution in [2.75, 3.05) is 0 Å². The zero-order chi connectivity index (χ0) is 23.9. The van der Waals surface area contributed by atoms with Crippen molar-refractivity contribution in [2.45, 2.75) is 53.9 Å². The number of hydrogen-bond donors (Lipinski definition) is 0. The number of hydrogen-bond acceptors (Lipinski definition) is 8. The maximum atomic E-state index is 10.2. The third kappa shape index (κ3) is 7.66. The van der Waals surface area contributed by atoms with Gasteiger partial charge in [0.25, 0.3) is 0 Å². The van der Waals surface area contributed by atoms with Crippen LogP contribution in [0.5, 0.6) is 0 Å². The fraction of sp³-hybridized carbons (Fsp3) is 0.333. The van der Waals surface area contributed by atoms with Crippen molar-refractivity contribution in [3.63, 3.8) is 0 Å². The van der Waals surface area contributed by atoms with Gasteiger partial charge in [-0.2, -0.15) is 0 Å². The summed E-state index contributed by atoms with van der Waals surface area (Å²) in [6.45, 7) is 9.31. The minimum Gasteiger partial charge on any atom is -0.211 e. The van der Waals surface area contributed by atoms with Gasteiger partial charge in [0.2, 0.25) is 24.3 Å². The standard InChI is InChI=1S/C14H16N2O2.C10H8N2O2/c1-9-10(2)13(5-15-7-17)12(4)14(11(9)3)6-16-8-18;13-7-11-5-9-1-2-10(4-3-9)6-12-8-14/h5-6H2,1-4H3;1-4H,5-6H2. The zero-order valence-electron chi connectivity index (χ0n) is 18.6. The number of benzene rings is 2. The Hall–Kier alpha value is -4.04. The molecule has 0 saturated heterocycles. The first-order valence-corrected chi connectivity index (χ1v) is 9.71. The Balaban J connectivity index is 0.000000330. The average molecular weight is 432 g/mol. The fourth-order valence-corrected chi connectivity index (χ4v) is 3.17. The summed E-state index contributed by atoms with van der Waals surface area (Å²) in [4.78, 5) is 54.3. The van der Waals surface area contributed by atoms with Crippen LogP contribution in [0.25, 0.3) is 0 Å². The lowest BCUT2D eigenvalue weighted by molar-refractivity contribution is 0.562. The Bertz CT molecular complexity index is 1040. The first kappa shape index (κ1) is 26.0. The number of nitrogens with zero attached hydrogens (tertiary/aromatic N) is 4. The van der Waals surface area contributed by atoms with Crippen LogP contribution in [-0.2, 0) is 45.4 Å². The molecule has 0 aliphatic rings. The van der Waals surface area contributed by atoms with Gasteiger partial charge in [-0.05, 0) is 72.2 Å². The van der Waals surface area contributed by atoms with Gasteiger partial charge in [0.1, 0.15) is 0 Å². The van der Waals surface area contributed by atoms with Gasteiger partial charge in [-0.25, -0.2) is 39.1 Å². The van der Waals surface area contributed by atoms with E-state index in [-0.39, 0.29) is 0 Å². The summed E-state index contributed by atoms with van der Waals surface area (Å²) in [6.07, 6.45) is 6.05. The van der Waals surface area contributed by atoms with Crippen LogP contribution in [0.3, 0.4) is 0 Å². The predicted octanol–water partition coefficient (Wildman–Crippen LogP) is 3.95. The molecule has 0 unspecified atom stereocenters. The Morgan fingerprint density at radius 3 is 1.12 bits per heavy atom. The van der Waals surface area contributed by atoms with Crippen molar-refractivity contribution in [1.82, 2.24) is 0 Å². The van der Waals surface area contributed by atoms with Crippen LogP contribution in [0.15, 0.2) is 44.2 Å². The number of rotatable bonds is 8. The van der Waals surface area contributed by atoms with E-state index in [1.807, 2.05) is 52.0 Å². The molecule has 0 bridgehead atoms. The van der Waals surface area contributed by atoms with Crippen molar-refractivity contribution in [1.29, 1.82) is 0 Å². The SMILES string of the molecule is Cc1c(C)c(CN=C=O)c(C)c(CN=C=O)c1C.O=C=NCc1ccc(CN=C=O)cc1. The van der Waals surface area contributed by atoms with Crippen LogP contribution in [0, 0.1) is 27.7 Å². The molecule has 0 spiro atoms. The lowest BCUT2D eigenvalue weighted by Crippen LogP contribution is -2.04. The molecule has 0 aliphatic carbocycles. The summed E-state index contributed by atoms with van der Waals surface area (Å²) in [5, 5.41) is 0. The third-order valence-corrected chi connectivity index (χ3v) is 5.21. The summed E-state index contributed by atoms with van der Waals surface area (Å²) >= 11 is 0. The van der Waals surface area contributed by atoms with Crippen LogP contribution in [0.1, 0.15) is 44.5 Å². The van der Waals surface area contributed by atoms with Crippen LogP contribution in [-0.4, -0.2) is 24.3 Å². The normalized spacial score (nSPS) is 9.12. The molecule has 2 aromatic carbocycles. The molecule has 0 saturated carbocycles. The van der Waals surface area contributed by atoms with Crippen molar-refractivity contribution in [2.24, 2.45) is 20.0 Å². The Kier molecular flexibility index (Phi) is 11.4. The van der Waals surface area contributed by atoms with E-state index in [9.17, 15) is 19.2 Å². The number of isocyanates is 4. The molecule has 2 rings (SSSR count). The molecule has 32 heavy (non-hydrogen) atoms. The van der Waals surface area contributed by atoms with Gasteiger partial charge in [-0.15, -0.1) is 0 Å². The minimum absolute atomic E-state index is 0.320. The van der Waals surface area contributed by atoms with E-state index in [1.54, 1.807) is 12.2 Å². The Morgan fingerprint density at radius 1 is 0.500 bits per heavy atom. The van der Waals surface area contributed by atoms with Crippen LogP contribution in [0.4, 0.5) is 0 Å². The molecule has 0 fully saturated rings. The molecule has 8 heteroatoms. The van der Waals surface area contributed by atoms with Gasteiger partial charge < -0.3 is 0 Å². The Labute approximate surface area is 186 Å². The maximum absolute atomic E-state index is 10.2. The van der Waals surface area contributed by atoms with Gasteiger partial charge in [-0.1, -0.05) is 24.3 Å². The maximum Gasteiger partial charge on any atom is 0.235 e. The highest BCUT2D eigenvalue weighted by molar-refractivity contribution is 5.51. The largest absolute Gasteiger partial charge is 0.235 e. The molecule has 0 heterocycles. The highest BCUT2D eigenvalue weighted by Crippen LogP contribution is 2.27. The molecule has 164 valence electrons. The number of carbonyl (C=O) groups excluding carboxylic acids is 4. The van der Waals surface area contributed by atoms with E-state index in [0.29, 0.717) is 26.2 Å². The highest BCUT2D eigenvalue weighted by atomic mass is 16.1. The molecular formula is C24H24N4O4. The van der Waals surface area contributed by atoms with Gasteiger partial charge >= 0.3 is 0 Å². The molecule has 0 aliphatic heterocycles. The van der Waals surface area contributed by atoms with E-state index in [2.05, 4.69) is 20.0 Å². The monoisotopic (exact) mass is 432 g/mol. The van der Waals surface area contributed by atoms with Crippen molar-refractivity contribution >= 4 is 24.3 Å². The van der Waals surface area contributed by atoms with Crippen molar-refractivity contribution < 1.29 is 19.2 Å². The fourth-order valence-electron chi connectivity index (χ4n) is 3.17. The average Bonchev–Trinajstić information content (AvgIpc) is 2.81. The summed E-state index contributed by atoms with van der Waals surface area (Å²) in [6, 6.07) is 7.32. The quantitative estimate of drug-likeness (QED) is 0.463. The van der Waals surface area contributed by atoms with Crippen LogP contribution < -0.4 is 0 Å². The predicted molar refractivity (Wildman–Crippen MR) is 119 cm³/mol. The molecule has 0 aromatic heterocycles. The van der Waals surface area contributed by atoms with Crippen LogP contribution >= 0.6 is 0 Å². The summed E-state index contributed by atoms with van der Waals surface area (Å²) < 4.78 is 0. The van der Waals surface area contributed by atoms with Gasteiger partial charge in [0.05, 0.1) is 26.2 Å². The molecular weight excluding hydrogens is 408 g/mol. The van der Waals surface area contributed by atoms with Gasteiger partial charge in [0.15, 0.2) is 0 Å². The molecule has 2 aromatic rings. The summed E-state index contributed by atoms with van der Waals surface area (Å²) in [5.74, 6) is 0. The van der Waals surface area contributed by atoms with E-state index in [0.717, 1.165) is 44.5 Å². The first-order valence-electron chi connectivity index (χ1n) is 9.71. The van der Waals surface area contributed by atoms with E-state index in [4.69, 9.17) is 0 Å². The lowest BCUT2D eigenvalue weighted by atomic mass is 9.89. The summed E-state index contributed by atoms with van der Waals surface area (Å²) in [7, 11) is 0. The van der Waals surface area contributed by atoms with Gasteiger partial charge in [0, 0.05) is 0 Å². The minimum atomic E-state index is 0.320.